The van der Waals surface area contributed by atoms with E-state index in [0.29, 0.717) is 13.4 Å². The fourth-order valence-corrected chi connectivity index (χ4v) is 2.61. The first-order valence-corrected chi connectivity index (χ1v) is 6.20. The molecule has 0 saturated carbocycles. The van der Waals surface area contributed by atoms with Gasteiger partial charge in [0.2, 0.25) is 0 Å². The van der Waals surface area contributed by atoms with Gasteiger partial charge in [0.1, 0.15) is 12.0 Å². The van der Waals surface area contributed by atoms with E-state index in [1.54, 1.807) is 0 Å². The lowest BCUT2D eigenvalue weighted by Gasteiger charge is -2.24. The summed E-state index contributed by atoms with van der Waals surface area (Å²) in [6, 6.07) is 0. The van der Waals surface area contributed by atoms with Crippen molar-refractivity contribution in [1.29, 1.82) is 0 Å². The molecule has 1 aliphatic heterocycles. The molecular formula is C10H18O4S. The number of thioether (sulfide) groups is 1. The van der Waals surface area contributed by atoms with Crippen molar-refractivity contribution >= 4 is 17.7 Å². The van der Waals surface area contributed by atoms with Crippen molar-refractivity contribution in [2.45, 2.75) is 31.6 Å². The monoisotopic (exact) mass is 234 g/mol. The van der Waals surface area contributed by atoms with Gasteiger partial charge in [0.25, 0.3) is 0 Å². The summed E-state index contributed by atoms with van der Waals surface area (Å²) in [6.45, 7) is 4.91. The summed E-state index contributed by atoms with van der Waals surface area (Å²) in [5.74, 6) is 0.146. The average Bonchev–Trinajstić information content (AvgIpc) is 2.18. The highest BCUT2D eigenvalue weighted by atomic mass is 32.2. The van der Waals surface area contributed by atoms with E-state index in [4.69, 9.17) is 14.6 Å². The van der Waals surface area contributed by atoms with E-state index >= 15 is 0 Å². The van der Waals surface area contributed by atoms with Crippen LogP contribution in [-0.2, 0) is 14.3 Å². The fraction of sp³-hybridized carbons (Fsp3) is 0.900. The van der Waals surface area contributed by atoms with E-state index in [-0.39, 0.29) is 17.3 Å². The molecule has 1 aliphatic rings. The van der Waals surface area contributed by atoms with E-state index < -0.39 is 5.97 Å². The van der Waals surface area contributed by atoms with Crippen molar-refractivity contribution < 1.29 is 19.4 Å². The number of carbonyl (C=O) groups is 1. The molecule has 1 fully saturated rings. The molecule has 0 radical (unpaired) electrons. The minimum Gasteiger partial charge on any atom is -0.480 e. The quantitative estimate of drug-likeness (QED) is 0.783. The second-order valence-corrected chi connectivity index (χ2v) is 5.11. The van der Waals surface area contributed by atoms with Gasteiger partial charge >= 0.3 is 5.97 Å². The van der Waals surface area contributed by atoms with Crippen LogP contribution < -0.4 is 0 Å². The molecule has 1 heterocycles. The third-order valence-electron chi connectivity index (χ3n) is 2.28. The predicted octanol–water partition coefficient (Wildman–Crippen LogP) is 1.59. The van der Waals surface area contributed by atoms with Crippen molar-refractivity contribution in [2.75, 3.05) is 19.2 Å². The van der Waals surface area contributed by atoms with Crippen molar-refractivity contribution in [3.63, 3.8) is 0 Å². The number of hydrogen-bond acceptors (Lipinski definition) is 4. The second kappa shape index (κ2) is 6.35. The predicted molar refractivity (Wildman–Crippen MR) is 59.0 cm³/mol. The fourth-order valence-electron chi connectivity index (χ4n) is 1.39. The molecule has 0 bridgehead atoms. The summed E-state index contributed by atoms with van der Waals surface area (Å²) in [5, 5.41) is 8.65. The lowest BCUT2D eigenvalue weighted by Crippen LogP contribution is -2.29. The molecule has 2 atom stereocenters. The van der Waals surface area contributed by atoms with Crippen LogP contribution in [0.1, 0.15) is 20.3 Å². The first-order chi connectivity index (χ1) is 7.11. The summed E-state index contributed by atoms with van der Waals surface area (Å²) in [5.41, 5.74) is 0. The Hall–Kier alpha value is -0.260. The minimum atomic E-state index is -0.734. The van der Waals surface area contributed by atoms with Gasteiger partial charge in [0, 0.05) is 5.75 Å². The zero-order chi connectivity index (χ0) is 11.3. The van der Waals surface area contributed by atoms with E-state index in [2.05, 4.69) is 0 Å². The first-order valence-electron chi connectivity index (χ1n) is 5.15. The highest BCUT2D eigenvalue weighted by molar-refractivity contribution is 8.00. The summed E-state index contributed by atoms with van der Waals surface area (Å²) < 4.78 is 10.4. The molecule has 0 spiro atoms. The summed E-state index contributed by atoms with van der Waals surface area (Å²) in [6.07, 6.45) is 1.00. The Morgan fingerprint density at radius 2 is 2.33 bits per heavy atom. The van der Waals surface area contributed by atoms with Crippen molar-refractivity contribution in [2.24, 2.45) is 5.92 Å². The Morgan fingerprint density at radius 1 is 1.60 bits per heavy atom. The molecule has 1 rings (SSSR count). The molecule has 4 nitrogen and oxygen atoms in total. The highest BCUT2D eigenvalue weighted by Crippen LogP contribution is 2.23. The van der Waals surface area contributed by atoms with E-state index in [1.807, 2.05) is 13.8 Å². The summed E-state index contributed by atoms with van der Waals surface area (Å²) >= 11 is 1.46. The number of carboxylic acid groups (broad SMARTS) is 1. The number of rotatable bonds is 5. The standard InChI is InChI=1S/C10H18O4S/c1-7(2)9(10(11)12)15-5-8-3-4-13-6-14-8/h7-9H,3-6H2,1-2H3,(H,11,12). The van der Waals surface area contributed by atoms with Crippen LogP contribution in [0.25, 0.3) is 0 Å². The van der Waals surface area contributed by atoms with Crippen LogP contribution in [0.3, 0.4) is 0 Å². The van der Waals surface area contributed by atoms with Gasteiger partial charge < -0.3 is 14.6 Å². The molecule has 1 N–H and O–H groups in total. The molecule has 88 valence electrons. The third kappa shape index (κ3) is 4.40. The van der Waals surface area contributed by atoms with Crippen LogP contribution in [-0.4, -0.2) is 41.6 Å². The molecule has 0 aliphatic carbocycles. The van der Waals surface area contributed by atoms with Crippen molar-refractivity contribution in [3.05, 3.63) is 0 Å². The third-order valence-corrected chi connectivity index (χ3v) is 3.95. The van der Waals surface area contributed by atoms with Crippen LogP contribution in [0.2, 0.25) is 0 Å². The van der Waals surface area contributed by atoms with Gasteiger partial charge in [-0.05, 0) is 12.3 Å². The Kier molecular flexibility index (Phi) is 5.42. The highest BCUT2D eigenvalue weighted by Gasteiger charge is 2.24. The van der Waals surface area contributed by atoms with Crippen LogP contribution in [0, 0.1) is 5.92 Å². The minimum absolute atomic E-state index is 0.143. The van der Waals surface area contributed by atoms with Gasteiger partial charge in [-0.2, -0.15) is 0 Å². The topological polar surface area (TPSA) is 55.8 Å². The summed E-state index contributed by atoms with van der Waals surface area (Å²) in [4.78, 5) is 10.9. The van der Waals surface area contributed by atoms with Crippen LogP contribution in [0.15, 0.2) is 0 Å². The maximum absolute atomic E-state index is 10.9. The van der Waals surface area contributed by atoms with Gasteiger partial charge in [-0.1, -0.05) is 13.8 Å². The zero-order valence-corrected chi connectivity index (χ0v) is 9.96. The molecule has 0 amide bonds. The van der Waals surface area contributed by atoms with Crippen molar-refractivity contribution in [3.8, 4) is 0 Å². The van der Waals surface area contributed by atoms with Crippen LogP contribution in [0.5, 0.6) is 0 Å². The maximum Gasteiger partial charge on any atom is 0.316 e. The largest absolute Gasteiger partial charge is 0.480 e. The molecule has 15 heavy (non-hydrogen) atoms. The maximum atomic E-state index is 10.9. The Labute approximate surface area is 94.3 Å². The molecule has 0 aromatic carbocycles. The van der Waals surface area contributed by atoms with Gasteiger partial charge in [-0.3, -0.25) is 4.79 Å². The van der Waals surface area contributed by atoms with Gasteiger partial charge in [-0.25, -0.2) is 0 Å². The van der Waals surface area contributed by atoms with Gasteiger partial charge in [-0.15, -0.1) is 11.8 Å². The van der Waals surface area contributed by atoms with Crippen molar-refractivity contribution in [1.82, 2.24) is 0 Å². The lowest BCUT2D eigenvalue weighted by atomic mass is 10.1. The van der Waals surface area contributed by atoms with Gasteiger partial charge in [0.05, 0.1) is 12.7 Å². The molecule has 0 aromatic heterocycles. The normalized spacial score (nSPS) is 24.1. The van der Waals surface area contributed by atoms with E-state index in [0.717, 1.165) is 12.2 Å². The zero-order valence-electron chi connectivity index (χ0n) is 9.14. The van der Waals surface area contributed by atoms with E-state index in [9.17, 15) is 4.79 Å². The molecular weight excluding hydrogens is 216 g/mol. The number of aliphatic carboxylic acids is 1. The van der Waals surface area contributed by atoms with E-state index in [1.165, 1.54) is 11.8 Å². The lowest BCUT2D eigenvalue weighted by molar-refractivity contribution is -0.137. The summed E-state index contributed by atoms with van der Waals surface area (Å²) in [7, 11) is 0. The molecule has 0 aromatic rings. The Balaban J connectivity index is 2.29. The first kappa shape index (κ1) is 12.8. The molecule has 5 heteroatoms. The van der Waals surface area contributed by atoms with Crippen LogP contribution >= 0.6 is 11.8 Å². The number of hydrogen-bond donors (Lipinski definition) is 1. The average molecular weight is 234 g/mol. The molecule has 1 saturated heterocycles. The number of ether oxygens (including phenoxy) is 2. The molecule has 2 unspecified atom stereocenters. The Bertz CT molecular complexity index is 202. The smallest absolute Gasteiger partial charge is 0.316 e. The second-order valence-electron chi connectivity index (χ2n) is 3.94. The van der Waals surface area contributed by atoms with Crippen LogP contribution in [0.4, 0.5) is 0 Å². The Morgan fingerprint density at radius 3 is 2.80 bits per heavy atom. The SMILES string of the molecule is CC(C)C(SCC1CCOCO1)C(=O)O. The number of carboxylic acids is 1. The van der Waals surface area contributed by atoms with Gasteiger partial charge in [0.15, 0.2) is 0 Å².